The third kappa shape index (κ3) is 7.96. The molecule has 0 aliphatic carbocycles. The Morgan fingerprint density at radius 2 is 1.58 bits per heavy atom. The molecule has 0 saturated carbocycles. The van der Waals surface area contributed by atoms with E-state index < -0.39 is 11.0 Å². The van der Waals surface area contributed by atoms with Crippen LogP contribution in [0, 0.1) is 5.41 Å². The summed E-state index contributed by atoms with van der Waals surface area (Å²) in [5.74, 6) is 0.363. The second kappa shape index (κ2) is 10.2. The lowest BCUT2D eigenvalue weighted by Crippen LogP contribution is -2.53. The number of hydrogen-bond donors (Lipinski definition) is 2. The second-order valence-corrected chi connectivity index (χ2v) is 7.87. The SMILES string of the molecule is CCNC(=O)C(C)(C)CN=C(N)N1CCN(C(=O)OC(C)(C)C)CC1.I. The van der Waals surface area contributed by atoms with E-state index in [4.69, 9.17) is 10.5 Å². The molecular formula is C17H34IN5O3. The zero-order chi connectivity index (χ0) is 19.3. The van der Waals surface area contributed by atoms with E-state index in [0.29, 0.717) is 45.2 Å². The van der Waals surface area contributed by atoms with Gasteiger partial charge in [0.15, 0.2) is 5.96 Å². The van der Waals surface area contributed by atoms with Gasteiger partial charge >= 0.3 is 6.09 Å². The molecule has 1 heterocycles. The molecule has 0 radical (unpaired) electrons. The first kappa shape index (κ1) is 24.7. The number of nitrogens with two attached hydrogens (primary N) is 1. The number of carbonyl (C=O) groups excluding carboxylic acids is 2. The van der Waals surface area contributed by atoms with Crippen LogP contribution in [0.1, 0.15) is 41.5 Å². The molecule has 8 nitrogen and oxygen atoms in total. The highest BCUT2D eigenvalue weighted by atomic mass is 127. The molecule has 3 N–H and O–H groups in total. The molecule has 9 heteroatoms. The number of halogens is 1. The minimum absolute atomic E-state index is 0. The maximum absolute atomic E-state index is 12.1. The predicted molar refractivity (Wildman–Crippen MR) is 114 cm³/mol. The van der Waals surface area contributed by atoms with Crippen LogP contribution in [0.15, 0.2) is 4.99 Å². The van der Waals surface area contributed by atoms with Crippen LogP contribution in [0.3, 0.4) is 0 Å². The van der Waals surface area contributed by atoms with E-state index in [1.54, 1.807) is 4.90 Å². The summed E-state index contributed by atoms with van der Waals surface area (Å²) in [6, 6.07) is 0. The van der Waals surface area contributed by atoms with Gasteiger partial charge < -0.3 is 25.6 Å². The fourth-order valence-corrected chi connectivity index (χ4v) is 2.29. The van der Waals surface area contributed by atoms with Gasteiger partial charge in [-0.1, -0.05) is 0 Å². The molecule has 1 aliphatic heterocycles. The van der Waals surface area contributed by atoms with Crippen molar-refractivity contribution >= 4 is 41.9 Å². The van der Waals surface area contributed by atoms with E-state index >= 15 is 0 Å². The topological polar surface area (TPSA) is 100 Å². The molecule has 1 aliphatic rings. The van der Waals surface area contributed by atoms with Gasteiger partial charge in [0.2, 0.25) is 5.91 Å². The summed E-state index contributed by atoms with van der Waals surface area (Å²) in [6.07, 6.45) is -0.306. The first-order chi connectivity index (χ1) is 11.5. The summed E-state index contributed by atoms with van der Waals surface area (Å²) < 4.78 is 5.38. The molecule has 0 aromatic heterocycles. The fourth-order valence-electron chi connectivity index (χ4n) is 2.29. The number of nitrogens with one attached hydrogen (secondary N) is 1. The third-order valence-corrected chi connectivity index (χ3v) is 3.84. The lowest BCUT2D eigenvalue weighted by Gasteiger charge is -2.36. The zero-order valence-corrected chi connectivity index (χ0v) is 19.1. The second-order valence-electron chi connectivity index (χ2n) is 7.87. The number of piperazine rings is 1. The highest BCUT2D eigenvalue weighted by Gasteiger charge is 2.29. The van der Waals surface area contributed by atoms with Crippen LogP contribution in [0.25, 0.3) is 0 Å². The van der Waals surface area contributed by atoms with Crippen LogP contribution >= 0.6 is 24.0 Å². The first-order valence-corrected chi connectivity index (χ1v) is 8.77. The van der Waals surface area contributed by atoms with Gasteiger partial charge in [0.1, 0.15) is 5.60 Å². The molecule has 0 spiro atoms. The van der Waals surface area contributed by atoms with Crippen molar-refractivity contribution < 1.29 is 14.3 Å². The van der Waals surface area contributed by atoms with E-state index in [2.05, 4.69) is 10.3 Å². The average molecular weight is 483 g/mol. The van der Waals surface area contributed by atoms with Gasteiger partial charge in [0, 0.05) is 32.7 Å². The Hall–Kier alpha value is -1.26. The van der Waals surface area contributed by atoms with Crippen molar-refractivity contribution in [3.63, 3.8) is 0 Å². The Kier molecular flexibility index (Phi) is 9.68. The van der Waals surface area contributed by atoms with Crippen LogP contribution in [0.4, 0.5) is 4.79 Å². The Morgan fingerprint density at radius 3 is 2.04 bits per heavy atom. The van der Waals surface area contributed by atoms with Crippen molar-refractivity contribution in [1.82, 2.24) is 15.1 Å². The quantitative estimate of drug-likeness (QED) is 0.360. The van der Waals surface area contributed by atoms with Gasteiger partial charge in [-0.2, -0.15) is 0 Å². The van der Waals surface area contributed by atoms with Crippen molar-refractivity contribution in [2.24, 2.45) is 16.1 Å². The van der Waals surface area contributed by atoms with Crippen LogP contribution in [-0.2, 0) is 9.53 Å². The van der Waals surface area contributed by atoms with Crippen LogP contribution < -0.4 is 11.1 Å². The van der Waals surface area contributed by atoms with E-state index in [-0.39, 0.29) is 36.0 Å². The Balaban J connectivity index is 0.00000625. The number of nitrogens with zero attached hydrogens (tertiary/aromatic N) is 3. The molecule has 26 heavy (non-hydrogen) atoms. The first-order valence-electron chi connectivity index (χ1n) is 8.77. The van der Waals surface area contributed by atoms with E-state index in [9.17, 15) is 9.59 Å². The largest absolute Gasteiger partial charge is 0.444 e. The fraction of sp³-hybridized carbons (Fsp3) is 0.824. The maximum Gasteiger partial charge on any atom is 0.410 e. The Labute approximate surface area is 173 Å². The van der Waals surface area contributed by atoms with Crippen LogP contribution in [0.2, 0.25) is 0 Å². The molecular weight excluding hydrogens is 449 g/mol. The third-order valence-electron chi connectivity index (χ3n) is 3.84. The number of amides is 2. The molecule has 0 aromatic rings. The summed E-state index contributed by atoms with van der Waals surface area (Å²) in [4.78, 5) is 32.0. The minimum Gasteiger partial charge on any atom is -0.444 e. The molecule has 1 fully saturated rings. The lowest BCUT2D eigenvalue weighted by molar-refractivity contribution is -0.128. The molecule has 0 atom stereocenters. The highest BCUT2D eigenvalue weighted by Crippen LogP contribution is 2.16. The van der Waals surface area contributed by atoms with Crippen LogP contribution in [-0.4, -0.2) is 72.6 Å². The number of ether oxygens (including phenoxy) is 1. The molecule has 1 rings (SSSR count). The van der Waals surface area contributed by atoms with Crippen molar-refractivity contribution in [3.05, 3.63) is 0 Å². The molecule has 0 aromatic carbocycles. The van der Waals surface area contributed by atoms with E-state index in [0.717, 1.165) is 0 Å². The average Bonchev–Trinajstić information content (AvgIpc) is 2.51. The van der Waals surface area contributed by atoms with Gasteiger partial charge in [-0.05, 0) is 41.5 Å². The Morgan fingerprint density at radius 1 is 1.08 bits per heavy atom. The van der Waals surface area contributed by atoms with Gasteiger partial charge in [-0.15, -0.1) is 24.0 Å². The van der Waals surface area contributed by atoms with Crippen molar-refractivity contribution in [1.29, 1.82) is 0 Å². The molecule has 2 amide bonds. The summed E-state index contributed by atoms with van der Waals surface area (Å²) in [7, 11) is 0. The normalized spacial score (nSPS) is 16.0. The summed E-state index contributed by atoms with van der Waals surface area (Å²) in [5.41, 5.74) is 4.95. The molecule has 0 bridgehead atoms. The zero-order valence-electron chi connectivity index (χ0n) is 16.8. The van der Waals surface area contributed by atoms with Gasteiger partial charge in [-0.25, -0.2) is 4.79 Å². The van der Waals surface area contributed by atoms with Gasteiger partial charge in [-0.3, -0.25) is 9.79 Å². The van der Waals surface area contributed by atoms with Crippen molar-refractivity contribution in [2.45, 2.75) is 47.1 Å². The smallest absolute Gasteiger partial charge is 0.410 e. The molecule has 0 unspecified atom stereocenters. The number of rotatable bonds is 4. The van der Waals surface area contributed by atoms with Crippen LogP contribution in [0.5, 0.6) is 0 Å². The van der Waals surface area contributed by atoms with E-state index in [1.807, 2.05) is 46.4 Å². The summed E-state index contributed by atoms with van der Waals surface area (Å²) in [6.45, 7) is 14.3. The number of guanidine groups is 1. The van der Waals surface area contributed by atoms with Crippen molar-refractivity contribution in [3.8, 4) is 0 Å². The highest BCUT2D eigenvalue weighted by molar-refractivity contribution is 14.0. The minimum atomic E-state index is -0.612. The standard InChI is InChI=1S/C17H33N5O3.HI/c1-7-19-13(23)17(5,6)12-20-14(18)21-8-10-22(11-9-21)15(24)25-16(2,3)4;/h7-12H2,1-6H3,(H2,18,20)(H,19,23);1H. The lowest BCUT2D eigenvalue weighted by atomic mass is 9.92. The number of hydrogen-bond acceptors (Lipinski definition) is 4. The molecule has 1 saturated heterocycles. The molecule has 152 valence electrons. The van der Waals surface area contributed by atoms with Gasteiger partial charge in [0.25, 0.3) is 0 Å². The number of carbonyl (C=O) groups is 2. The van der Waals surface area contributed by atoms with Crippen molar-refractivity contribution in [2.75, 3.05) is 39.3 Å². The maximum atomic E-state index is 12.1. The summed E-state index contributed by atoms with van der Waals surface area (Å²) in [5, 5.41) is 2.81. The Bertz CT molecular complexity index is 509. The van der Waals surface area contributed by atoms with Gasteiger partial charge in [0.05, 0.1) is 12.0 Å². The monoisotopic (exact) mass is 483 g/mol. The number of aliphatic imine (C=N–C) groups is 1. The predicted octanol–water partition coefficient (Wildman–Crippen LogP) is 1.63. The summed E-state index contributed by atoms with van der Waals surface area (Å²) >= 11 is 0. The van der Waals surface area contributed by atoms with E-state index in [1.165, 1.54) is 0 Å².